The van der Waals surface area contributed by atoms with E-state index in [1.165, 1.54) is 16.3 Å². The molecule has 0 amide bonds. The van der Waals surface area contributed by atoms with Gasteiger partial charge in [-0.3, -0.25) is 4.90 Å². The standard InChI is InChI=1S/C17H26N2O3S/c1-3-17(2)13-18(14-17)12-15-4-6-16(7-5-15)23(20,21)19-8-10-22-11-9-19/h4-7H,3,8-14H2,1-2H3. The Labute approximate surface area is 139 Å². The number of ether oxygens (including phenoxy) is 1. The highest BCUT2D eigenvalue weighted by molar-refractivity contribution is 7.89. The first-order valence-corrected chi connectivity index (χ1v) is 9.76. The van der Waals surface area contributed by atoms with Gasteiger partial charge >= 0.3 is 0 Å². The maximum absolute atomic E-state index is 12.6. The summed E-state index contributed by atoms with van der Waals surface area (Å²) in [5.41, 5.74) is 1.63. The Morgan fingerprint density at radius 3 is 2.30 bits per heavy atom. The third kappa shape index (κ3) is 3.60. The lowest BCUT2D eigenvalue weighted by atomic mass is 9.79. The Hall–Kier alpha value is -0.950. The largest absolute Gasteiger partial charge is 0.379 e. The molecule has 23 heavy (non-hydrogen) atoms. The zero-order valence-corrected chi connectivity index (χ0v) is 14.8. The second-order valence-electron chi connectivity index (χ2n) is 6.97. The van der Waals surface area contributed by atoms with Crippen LogP contribution in [0.3, 0.4) is 0 Å². The van der Waals surface area contributed by atoms with Crippen LogP contribution in [0.5, 0.6) is 0 Å². The van der Waals surface area contributed by atoms with Crippen LogP contribution in [0.1, 0.15) is 25.8 Å². The zero-order chi connectivity index (χ0) is 16.5. The Bertz CT molecular complexity index is 630. The highest BCUT2D eigenvalue weighted by Crippen LogP contribution is 2.34. The Morgan fingerprint density at radius 2 is 1.74 bits per heavy atom. The van der Waals surface area contributed by atoms with E-state index in [9.17, 15) is 8.42 Å². The van der Waals surface area contributed by atoms with Crippen molar-refractivity contribution in [3.05, 3.63) is 29.8 Å². The molecular formula is C17H26N2O3S. The second kappa shape index (κ2) is 6.51. The third-order valence-electron chi connectivity index (χ3n) is 5.00. The molecule has 5 nitrogen and oxygen atoms in total. The third-order valence-corrected chi connectivity index (χ3v) is 6.91. The number of likely N-dealkylation sites (tertiary alicyclic amines) is 1. The molecule has 3 rings (SSSR count). The number of hydrogen-bond acceptors (Lipinski definition) is 4. The maximum atomic E-state index is 12.6. The highest BCUT2D eigenvalue weighted by atomic mass is 32.2. The monoisotopic (exact) mass is 338 g/mol. The number of rotatable bonds is 5. The summed E-state index contributed by atoms with van der Waals surface area (Å²) in [6, 6.07) is 7.35. The summed E-state index contributed by atoms with van der Waals surface area (Å²) in [6.07, 6.45) is 1.21. The Morgan fingerprint density at radius 1 is 1.13 bits per heavy atom. The number of hydrogen-bond donors (Lipinski definition) is 0. The van der Waals surface area contributed by atoms with Crippen LogP contribution >= 0.6 is 0 Å². The van der Waals surface area contributed by atoms with Gasteiger partial charge in [-0.25, -0.2) is 8.42 Å². The van der Waals surface area contributed by atoms with Crippen LogP contribution in [0, 0.1) is 5.41 Å². The van der Waals surface area contributed by atoms with Gasteiger partial charge in [0, 0.05) is 32.7 Å². The predicted molar refractivity (Wildman–Crippen MR) is 89.7 cm³/mol. The van der Waals surface area contributed by atoms with E-state index in [4.69, 9.17) is 4.74 Å². The normalized spacial score (nSPS) is 22.7. The van der Waals surface area contributed by atoms with Gasteiger partial charge in [0.05, 0.1) is 18.1 Å². The first-order chi connectivity index (χ1) is 10.9. The molecule has 2 aliphatic heterocycles. The molecule has 0 N–H and O–H groups in total. The van der Waals surface area contributed by atoms with Gasteiger partial charge in [-0.15, -0.1) is 0 Å². The summed E-state index contributed by atoms with van der Waals surface area (Å²) in [5, 5.41) is 0. The van der Waals surface area contributed by atoms with Crippen molar-refractivity contribution >= 4 is 10.0 Å². The summed E-state index contributed by atoms with van der Waals surface area (Å²) in [7, 11) is -3.38. The molecule has 0 atom stereocenters. The summed E-state index contributed by atoms with van der Waals surface area (Å²) >= 11 is 0. The molecule has 128 valence electrons. The lowest BCUT2D eigenvalue weighted by Crippen LogP contribution is -2.53. The molecule has 0 saturated carbocycles. The molecule has 2 heterocycles. The number of nitrogens with zero attached hydrogens (tertiary/aromatic N) is 2. The molecule has 0 aromatic heterocycles. The van der Waals surface area contributed by atoms with Crippen LogP contribution in [0.15, 0.2) is 29.2 Å². The van der Waals surface area contributed by atoms with Crippen LogP contribution in [-0.4, -0.2) is 57.0 Å². The minimum atomic E-state index is -3.38. The smallest absolute Gasteiger partial charge is 0.243 e. The number of benzene rings is 1. The van der Waals surface area contributed by atoms with Crippen LogP contribution in [0.4, 0.5) is 0 Å². The Balaban J connectivity index is 1.63. The van der Waals surface area contributed by atoms with Crippen molar-refractivity contribution < 1.29 is 13.2 Å². The molecule has 2 fully saturated rings. The molecule has 0 spiro atoms. The van der Waals surface area contributed by atoms with E-state index in [-0.39, 0.29) is 0 Å². The molecule has 0 bridgehead atoms. The Kier molecular flexibility index (Phi) is 4.78. The highest BCUT2D eigenvalue weighted by Gasteiger charge is 2.36. The van der Waals surface area contributed by atoms with Gasteiger partial charge in [-0.2, -0.15) is 4.31 Å². The van der Waals surface area contributed by atoms with Crippen molar-refractivity contribution in [1.29, 1.82) is 0 Å². The van der Waals surface area contributed by atoms with Gasteiger partial charge in [-0.1, -0.05) is 26.0 Å². The number of morpholine rings is 1. The van der Waals surface area contributed by atoms with Crippen molar-refractivity contribution in [2.75, 3.05) is 39.4 Å². The van der Waals surface area contributed by atoms with E-state index in [0.717, 1.165) is 19.6 Å². The van der Waals surface area contributed by atoms with Crippen LogP contribution in [0.2, 0.25) is 0 Å². The SMILES string of the molecule is CCC1(C)CN(Cc2ccc(S(=O)(=O)N3CCOCC3)cc2)C1. The molecular weight excluding hydrogens is 312 g/mol. The van der Waals surface area contributed by atoms with Crippen molar-refractivity contribution in [3.8, 4) is 0 Å². The minimum Gasteiger partial charge on any atom is -0.379 e. The fourth-order valence-corrected chi connectivity index (χ4v) is 4.74. The second-order valence-corrected chi connectivity index (χ2v) is 8.91. The van der Waals surface area contributed by atoms with Gasteiger partial charge in [0.25, 0.3) is 0 Å². The molecule has 1 aromatic carbocycles. The summed E-state index contributed by atoms with van der Waals surface area (Å²) in [5.74, 6) is 0. The van der Waals surface area contributed by atoms with Crippen molar-refractivity contribution in [2.24, 2.45) is 5.41 Å². The van der Waals surface area contributed by atoms with E-state index < -0.39 is 10.0 Å². The van der Waals surface area contributed by atoms with E-state index in [1.807, 2.05) is 12.1 Å². The summed E-state index contributed by atoms with van der Waals surface area (Å²) in [4.78, 5) is 2.79. The summed E-state index contributed by atoms with van der Waals surface area (Å²) in [6.45, 7) is 9.53. The van der Waals surface area contributed by atoms with Gasteiger partial charge in [0.2, 0.25) is 10.0 Å². The van der Waals surface area contributed by atoms with Crippen molar-refractivity contribution in [2.45, 2.75) is 31.7 Å². The zero-order valence-electron chi connectivity index (χ0n) is 14.0. The van der Waals surface area contributed by atoms with E-state index >= 15 is 0 Å². The maximum Gasteiger partial charge on any atom is 0.243 e. The molecule has 2 aliphatic rings. The first kappa shape index (κ1) is 16.9. The lowest BCUT2D eigenvalue weighted by molar-refractivity contribution is 0.00620. The van der Waals surface area contributed by atoms with E-state index in [0.29, 0.717) is 36.6 Å². The summed E-state index contributed by atoms with van der Waals surface area (Å²) < 4.78 is 31.9. The first-order valence-electron chi connectivity index (χ1n) is 8.32. The van der Waals surface area contributed by atoms with Crippen LogP contribution in [0.25, 0.3) is 0 Å². The fourth-order valence-electron chi connectivity index (χ4n) is 3.33. The van der Waals surface area contributed by atoms with E-state index in [2.05, 4.69) is 18.7 Å². The predicted octanol–water partition coefficient (Wildman–Crippen LogP) is 1.94. The molecule has 0 aliphatic carbocycles. The fraction of sp³-hybridized carbons (Fsp3) is 0.647. The average molecular weight is 338 g/mol. The van der Waals surface area contributed by atoms with Crippen molar-refractivity contribution in [1.82, 2.24) is 9.21 Å². The molecule has 1 aromatic rings. The molecule has 6 heteroatoms. The molecule has 0 radical (unpaired) electrons. The van der Waals surface area contributed by atoms with Gasteiger partial charge in [0.15, 0.2) is 0 Å². The molecule has 0 unspecified atom stereocenters. The average Bonchev–Trinajstić information content (AvgIpc) is 2.54. The topological polar surface area (TPSA) is 49.9 Å². The van der Waals surface area contributed by atoms with Crippen molar-refractivity contribution in [3.63, 3.8) is 0 Å². The van der Waals surface area contributed by atoms with Gasteiger partial charge < -0.3 is 4.74 Å². The lowest BCUT2D eigenvalue weighted by Gasteiger charge is -2.48. The number of sulfonamides is 1. The van der Waals surface area contributed by atoms with E-state index in [1.54, 1.807) is 12.1 Å². The quantitative estimate of drug-likeness (QED) is 0.823. The van der Waals surface area contributed by atoms with Crippen LogP contribution < -0.4 is 0 Å². The van der Waals surface area contributed by atoms with Crippen LogP contribution in [-0.2, 0) is 21.3 Å². The van der Waals surface area contributed by atoms with Gasteiger partial charge in [-0.05, 0) is 29.5 Å². The van der Waals surface area contributed by atoms with Gasteiger partial charge in [0.1, 0.15) is 0 Å². The minimum absolute atomic E-state index is 0.380. The molecule has 2 saturated heterocycles.